The minimum absolute atomic E-state index is 0.126. The lowest BCUT2D eigenvalue weighted by molar-refractivity contribution is 0.122. The van der Waals surface area contributed by atoms with Crippen LogP contribution >= 0.6 is 0 Å². The topological polar surface area (TPSA) is 87.0 Å². The Labute approximate surface area is 93.1 Å². The highest BCUT2D eigenvalue weighted by Gasteiger charge is 2.15. The van der Waals surface area contributed by atoms with E-state index in [2.05, 4.69) is 20.3 Å². The quantitative estimate of drug-likeness (QED) is 0.727. The van der Waals surface area contributed by atoms with Gasteiger partial charge in [0.05, 0.1) is 13.2 Å². The highest BCUT2D eigenvalue weighted by atomic mass is 16.5. The molecular weight excluding hydrogens is 208 g/mol. The van der Waals surface area contributed by atoms with Gasteiger partial charge in [-0.15, -0.1) is 0 Å². The summed E-state index contributed by atoms with van der Waals surface area (Å²) in [7, 11) is 1.71. The van der Waals surface area contributed by atoms with Crippen LogP contribution in [0.15, 0.2) is 0 Å². The number of aromatic nitrogens is 3. The van der Waals surface area contributed by atoms with Gasteiger partial charge in [0, 0.05) is 20.1 Å². The third-order valence-corrected chi connectivity index (χ3v) is 2.24. The molecule has 1 aromatic heterocycles. The molecule has 0 atom stereocenters. The van der Waals surface area contributed by atoms with Crippen LogP contribution < -0.4 is 10.2 Å². The minimum Gasteiger partial charge on any atom is -0.378 e. The molecule has 1 aliphatic rings. The zero-order valence-corrected chi connectivity index (χ0v) is 8.97. The van der Waals surface area contributed by atoms with Crippen molar-refractivity contribution >= 4 is 11.9 Å². The summed E-state index contributed by atoms with van der Waals surface area (Å²) in [5.74, 6) is 1.06. The molecule has 16 heavy (non-hydrogen) atoms. The first-order chi connectivity index (χ1) is 7.83. The van der Waals surface area contributed by atoms with E-state index in [1.807, 2.05) is 11.0 Å². The second kappa shape index (κ2) is 4.72. The number of morpholine rings is 1. The number of ether oxygens (including phenoxy) is 1. The standard InChI is InChI=1S/C9H12N6O/c1-11-8-12-7(6-10)13-9(14-8)15-2-4-16-5-3-15/h2-5H2,1H3,(H,11,12,13,14). The molecule has 0 radical (unpaired) electrons. The molecule has 0 saturated carbocycles. The molecule has 1 aliphatic heterocycles. The highest BCUT2D eigenvalue weighted by molar-refractivity contribution is 5.39. The Balaban J connectivity index is 2.28. The molecule has 2 rings (SSSR count). The summed E-state index contributed by atoms with van der Waals surface area (Å²) in [6.07, 6.45) is 0. The lowest BCUT2D eigenvalue weighted by Crippen LogP contribution is -2.37. The average molecular weight is 220 g/mol. The van der Waals surface area contributed by atoms with Gasteiger partial charge in [-0.2, -0.15) is 20.2 Å². The van der Waals surface area contributed by atoms with E-state index in [1.165, 1.54) is 0 Å². The number of nitrogens with one attached hydrogen (secondary N) is 1. The molecule has 0 bridgehead atoms. The van der Waals surface area contributed by atoms with Gasteiger partial charge in [-0.3, -0.25) is 0 Å². The Bertz CT molecular complexity index is 409. The molecule has 0 unspecified atom stereocenters. The molecule has 7 heteroatoms. The van der Waals surface area contributed by atoms with Crippen molar-refractivity contribution in [3.05, 3.63) is 5.82 Å². The molecule has 0 spiro atoms. The third kappa shape index (κ3) is 2.17. The van der Waals surface area contributed by atoms with Crippen LogP contribution in [0.1, 0.15) is 5.82 Å². The second-order valence-corrected chi connectivity index (χ2v) is 3.24. The fourth-order valence-corrected chi connectivity index (χ4v) is 1.43. The van der Waals surface area contributed by atoms with Gasteiger partial charge in [0.15, 0.2) is 0 Å². The summed E-state index contributed by atoms with van der Waals surface area (Å²) in [6.45, 7) is 2.78. The van der Waals surface area contributed by atoms with Crippen LogP contribution in [0, 0.1) is 11.3 Å². The van der Waals surface area contributed by atoms with Crippen molar-refractivity contribution in [1.29, 1.82) is 5.26 Å². The molecule has 0 aliphatic carbocycles. The monoisotopic (exact) mass is 220 g/mol. The minimum atomic E-state index is 0.126. The number of rotatable bonds is 2. The molecule has 0 aromatic carbocycles. The van der Waals surface area contributed by atoms with Crippen LogP contribution in [0.25, 0.3) is 0 Å². The molecule has 1 aromatic rings. The van der Waals surface area contributed by atoms with Gasteiger partial charge in [-0.25, -0.2) is 0 Å². The van der Waals surface area contributed by atoms with E-state index < -0.39 is 0 Å². The zero-order chi connectivity index (χ0) is 11.4. The van der Waals surface area contributed by atoms with E-state index in [4.69, 9.17) is 10.00 Å². The van der Waals surface area contributed by atoms with Gasteiger partial charge in [-0.1, -0.05) is 0 Å². The van der Waals surface area contributed by atoms with E-state index in [9.17, 15) is 0 Å². The molecule has 0 amide bonds. The fourth-order valence-electron chi connectivity index (χ4n) is 1.43. The van der Waals surface area contributed by atoms with E-state index in [1.54, 1.807) is 7.05 Å². The molecule has 2 heterocycles. The summed E-state index contributed by atoms with van der Waals surface area (Å²) < 4.78 is 5.24. The first-order valence-corrected chi connectivity index (χ1v) is 5.00. The summed E-state index contributed by atoms with van der Waals surface area (Å²) in [6, 6.07) is 1.92. The number of hydrogen-bond acceptors (Lipinski definition) is 7. The number of nitriles is 1. The zero-order valence-electron chi connectivity index (χ0n) is 8.97. The Morgan fingerprint density at radius 3 is 2.69 bits per heavy atom. The average Bonchev–Trinajstić information content (AvgIpc) is 2.39. The van der Waals surface area contributed by atoms with Crippen LogP contribution in [0.3, 0.4) is 0 Å². The van der Waals surface area contributed by atoms with Crippen molar-refractivity contribution in [2.24, 2.45) is 0 Å². The van der Waals surface area contributed by atoms with Crippen molar-refractivity contribution in [3.8, 4) is 6.07 Å². The second-order valence-electron chi connectivity index (χ2n) is 3.24. The first-order valence-electron chi connectivity index (χ1n) is 5.00. The van der Waals surface area contributed by atoms with Crippen LogP contribution in [-0.4, -0.2) is 48.3 Å². The first kappa shape index (κ1) is 10.6. The van der Waals surface area contributed by atoms with Crippen LogP contribution in [0.5, 0.6) is 0 Å². The van der Waals surface area contributed by atoms with Crippen LogP contribution in [0.2, 0.25) is 0 Å². The smallest absolute Gasteiger partial charge is 0.238 e. The molecule has 1 saturated heterocycles. The van der Waals surface area contributed by atoms with Crippen molar-refractivity contribution in [1.82, 2.24) is 15.0 Å². The maximum Gasteiger partial charge on any atom is 0.238 e. The predicted octanol–water partition coefficient (Wildman–Crippen LogP) is -0.378. The molecule has 1 fully saturated rings. The van der Waals surface area contributed by atoms with Crippen molar-refractivity contribution in [2.45, 2.75) is 0 Å². The van der Waals surface area contributed by atoms with Gasteiger partial charge in [-0.05, 0) is 0 Å². The Kier molecular flexibility index (Phi) is 3.12. The normalized spacial score (nSPS) is 15.6. The Morgan fingerprint density at radius 2 is 2.06 bits per heavy atom. The van der Waals surface area contributed by atoms with Gasteiger partial charge < -0.3 is 15.0 Å². The largest absolute Gasteiger partial charge is 0.378 e. The summed E-state index contributed by atoms with van der Waals surface area (Å²) in [5, 5.41) is 11.6. The SMILES string of the molecule is CNc1nc(C#N)nc(N2CCOCC2)n1. The van der Waals surface area contributed by atoms with E-state index >= 15 is 0 Å². The molecule has 1 N–H and O–H groups in total. The number of anilines is 2. The van der Waals surface area contributed by atoms with Crippen molar-refractivity contribution in [2.75, 3.05) is 43.6 Å². The third-order valence-electron chi connectivity index (χ3n) is 2.24. The maximum atomic E-state index is 8.81. The number of nitrogens with zero attached hydrogens (tertiary/aromatic N) is 5. The Hall–Kier alpha value is -1.94. The van der Waals surface area contributed by atoms with E-state index in [0.29, 0.717) is 25.1 Å². The lowest BCUT2D eigenvalue weighted by Gasteiger charge is -2.26. The van der Waals surface area contributed by atoms with Crippen LogP contribution in [0.4, 0.5) is 11.9 Å². The summed E-state index contributed by atoms with van der Waals surface area (Å²) >= 11 is 0. The summed E-state index contributed by atoms with van der Waals surface area (Å²) in [4.78, 5) is 14.2. The van der Waals surface area contributed by atoms with Crippen molar-refractivity contribution < 1.29 is 4.74 Å². The maximum absolute atomic E-state index is 8.81. The van der Waals surface area contributed by atoms with Gasteiger partial charge in [0.25, 0.3) is 0 Å². The predicted molar refractivity (Wildman–Crippen MR) is 57.1 cm³/mol. The molecular formula is C9H12N6O. The van der Waals surface area contributed by atoms with E-state index in [0.717, 1.165) is 13.1 Å². The lowest BCUT2D eigenvalue weighted by atomic mass is 10.4. The number of hydrogen-bond donors (Lipinski definition) is 1. The highest BCUT2D eigenvalue weighted by Crippen LogP contribution is 2.11. The fraction of sp³-hybridized carbons (Fsp3) is 0.556. The van der Waals surface area contributed by atoms with Gasteiger partial charge in [0.2, 0.25) is 17.7 Å². The Morgan fingerprint density at radius 1 is 1.31 bits per heavy atom. The molecule has 84 valence electrons. The van der Waals surface area contributed by atoms with Gasteiger partial charge >= 0.3 is 0 Å². The van der Waals surface area contributed by atoms with Crippen LogP contribution in [-0.2, 0) is 4.74 Å². The van der Waals surface area contributed by atoms with E-state index in [-0.39, 0.29) is 5.82 Å². The summed E-state index contributed by atoms with van der Waals surface area (Å²) in [5.41, 5.74) is 0. The molecule has 7 nitrogen and oxygen atoms in total. The van der Waals surface area contributed by atoms with Crippen molar-refractivity contribution in [3.63, 3.8) is 0 Å². The van der Waals surface area contributed by atoms with Gasteiger partial charge in [0.1, 0.15) is 6.07 Å².